The fourth-order valence-electron chi connectivity index (χ4n) is 6.09. The Kier molecular flexibility index (Phi) is 7.06. The van der Waals surface area contributed by atoms with E-state index in [-0.39, 0.29) is 5.82 Å². The van der Waals surface area contributed by atoms with Crippen LogP contribution in [0.4, 0.5) is 17.6 Å². The van der Waals surface area contributed by atoms with Crippen molar-refractivity contribution in [2.45, 2.75) is 6.18 Å². The normalized spacial score (nSPS) is 11.8. The summed E-state index contributed by atoms with van der Waals surface area (Å²) in [5, 5.41) is 1.52. The van der Waals surface area contributed by atoms with Crippen molar-refractivity contribution in [3.63, 3.8) is 0 Å². The summed E-state index contributed by atoms with van der Waals surface area (Å²) >= 11 is 0. The highest BCUT2D eigenvalue weighted by molar-refractivity contribution is 6.09. The first kappa shape index (κ1) is 29.3. The number of hydrogen-bond donors (Lipinski definition) is 0. The quantitative estimate of drug-likeness (QED) is 0.177. The van der Waals surface area contributed by atoms with E-state index < -0.39 is 11.7 Å². The van der Waals surface area contributed by atoms with Crippen LogP contribution in [0.1, 0.15) is 5.56 Å². The lowest BCUT2D eigenvalue weighted by atomic mass is 9.98. The van der Waals surface area contributed by atoms with Gasteiger partial charge in [0.05, 0.1) is 16.6 Å². The van der Waals surface area contributed by atoms with E-state index in [1.807, 2.05) is 108 Å². The molecular weight excluding hydrogens is 612 g/mol. The van der Waals surface area contributed by atoms with Gasteiger partial charge >= 0.3 is 6.18 Å². The molecule has 4 nitrogen and oxygen atoms in total. The zero-order chi connectivity index (χ0) is 32.8. The molecule has 0 spiro atoms. The Bertz CT molecular complexity index is 2380. The first-order chi connectivity index (χ1) is 23.3. The highest BCUT2D eigenvalue weighted by Gasteiger charge is 2.31. The molecule has 0 aliphatic rings. The molecule has 0 atom stereocenters. The van der Waals surface area contributed by atoms with Crippen molar-refractivity contribution >= 4 is 21.8 Å². The van der Waals surface area contributed by atoms with Gasteiger partial charge in [-0.3, -0.25) is 0 Å². The van der Waals surface area contributed by atoms with Crippen LogP contribution in [0.15, 0.2) is 146 Å². The van der Waals surface area contributed by atoms with Gasteiger partial charge in [-0.15, -0.1) is 0 Å². The molecule has 0 saturated carbocycles. The lowest BCUT2D eigenvalue weighted by Crippen LogP contribution is -2.05. The average molecular weight is 637 g/mol. The molecule has 0 radical (unpaired) electrons. The lowest BCUT2D eigenvalue weighted by molar-refractivity contribution is -0.137. The molecule has 0 fully saturated rings. The van der Waals surface area contributed by atoms with Crippen molar-refractivity contribution in [2.75, 3.05) is 0 Å². The van der Waals surface area contributed by atoms with Gasteiger partial charge in [-0.25, -0.2) is 19.3 Å². The maximum atomic E-state index is 14.1. The fraction of sp³-hybridized carbons (Fsp3) is 0.0250. The molecule has 232 valence electrons. The summed E-state index contributed by atoms with van der Waals surface area (Å²) in [6.07, 6.45) is -4.51. The molecule has 0 bridgehead atoms. The van der Waals surface area contributed by atoms with Gasteiger partial charge in [0.25, 0.3) is 0 Å². The third-order valence-electron chi connectivity index (χ3n) is 8.36. The van der Waals surface area contributed by atoms with E-state index in [1.54, 1.807) is 12.1 Å². The number of benzene rings is 6. The molecule has 0 aliphatic heterocycles. The van der Waals surface area contributed by atoms with E-state index in [1.165, 1.54) is 24.3 Å². The van der Waals surface area contributed by atoms with Crippen molar-refractivity contribution in [3.8, 4) is 51.0 Å². The van der Waals surface area contributed by atoms with Crippen LogP contribution in [-0.4, -0.2) is 19.5 Å². The Morgan fingerprint density at radius 1 is 0.458 bits per heavy atom. The molecule has 0 unspecified atom stereocenters. The van der Waals surface area contributed by atoms with Crippen molar-refractivity contribution < 1.29 is 17.6 Å². The molecule has 8 aromatic rings. The maximum Gasteiger partial charge on any atom is 0.416 e. The van der Waals surface area contributed by atoms with Crippen LogP contribution < -0.4 is 0 Å². The minimum atomic E-state index is -4.51. The zero-order valence-corrected chi connectivity index (χ0v) is 25.2. The molecule has 0 amide bonds. The summed E-state index contributed by atoms with van der Waals surface area (Å²) in [6, 6.07) is 42.2. The average Bonchev–Trinajstić information content (AvgIpc) is 3.46. The van der Waals surface area contributed by atoms with Gasteiger partial charge in [0.1, 0.15) is 5.82 Å². The number of para-hydroxylation sites is 1. The Morgan fingerprint density at radius 3 is 1.69 bits per heavy atom. The van der Waals surface area contributed by atoms with Gasteiger partial charge in [0.2, 0.25) is 0 Å². The van der Waals surface area contributed by atoms with Crippen LogP contribution in [0.5, 0.6) is 0 Å². The molecule has 2 heterocycles. The van der Waals surface area contributed by atoms with Crippen LogP contribution in [0.3, 0.4) is 0 Å². The third kappa shape index (κ3) is 5.27. The number of hydrogen-bond acceptors (Lipinski definition) is 3. The second kappa shape index (κ2) is 11.6. The standard InChI is InChI=1S/C40H24F4N4/c41-29-18-15-25(16-19-29)31-22-20-30(48-35-14-8-7-13-32(35)33-21-17-28(23-36(33)48)40(42,43)44)24-34(31)39-46-37(26-9-3-1-4-10-26)45-38(47-39)27-11-5-2-6-12-27/h1-24H. The molecule has 0 aliphatic carbocycles. The highest BCUT2D eigenvalue weighted by atomic mass is 19.4. The molecule has 6 aromatic carbocycles. The minimum absolute atomic E-state index is 0.362. The highest BCUT2D eigenvalue weighted by Crippen LogP contribution is 2.39. The molecule has 0 N–H and O–H groups in total. The van der Waals surface area contributed by atoms with E-state index in [9.17, 15) is 17.6 Å². The molecule has 0 saturated heterocycles. The monoisotopic (exact) mass is 636 g/mol. The van der Waals surface area contributed by atoms with Crippen molar-refractivity contribution in [1.82, 2.24) is 19.5 Å². The van der Waals surface area contributed by atoms with Gasteiger partial charge < -0.3 is 4.57 Å². The summed E-state index contributed by atoms with van der Waals surface area (Å²) in [4.78, 5) is 14.7. The second-order valence-corrected chi connectivity index (χ2v) is 11.4. The molecule has 48 heavy (non-hydrogen) atoms. The second-order valence-electron chi connectivity index (χ2n) is 11.4. The summed E-state index contributed by atoms with van der Waals surface area (Å²) in [5.41, 5.74) is 4.68. The van der Waals surface area contributed by atoms with Crippen LogP contribution in [0.25, 0.3) is 72.8 Å². The summed E-state index contributed by atoms with van der Waals surface area (Å²) in [5.74, 6) is 0.907. The van der Waals surface area contributed by atoms with Crippen molar-refractivity contribution in [1.29, 1.82) is 0 Å². The van der Waals surface area contributed by atoms with Crippen LogP contribution in [-0.2, 0) is 6.18 Å². The van der Waals surface area contributed by atoms with Gasteiger partial charge in [0.15, 0.2) is 17.5 Å². The number of aromatic nitrogens is 4. The first-order valence-corrected chi connectivity index (χ1v) is 15.2. The van der Waals surface area contributed by atoms with E-state index in [2.05, 4.69) is 0 Å². The van der Waals surface area contributed by atoms with E-state index in [0.29, 0.717) is 39.6 Å². The number of rotatable bonds is 5. The van der Waals surface area contributed by atoms with E-state index in [0.717, 1.165) is 39.2 Å². The van der Waals surface area contributed by atoms with Gasteiger partial charge in [-0.1, -0.05) is 103 Å². The summed E-state index contributed by atoms with van der Waals surface area (Å²) in [6.45, 7) is 0. The Labute approximate surface area is 272 Å². The number of halogens is 4. The number of fused-ring (bicyclic) bond motifs is 3. The molecular formula is C40H24F4N4. The topological polar surface area (TPSA) is 43.6 Å². The Hall–Kier alpha value is -6.15. The predicted molar refractivity (Wildman–Crippen MR) is 181 cm³/mol. The first-order valence-electron chi connectivity index (χ1n) is 15.2. The smallest absolute Gasteiger partial charge is 0.309 e. The molecule has 8 rings (SSSR count). The minimum Gasteiger partial charge on any atom is -0.309 e. The predicted octanol–water partition coefficient (Wildman–Crippen LogP) is 10.8. The Morgan fingerprint density at radius 2 is 1.04 bits per heavy atom. The van der Waals surface area contributed by atoms with Crippen molar-refractivity contribution in [3.05, 3.63) is 157 Å². The van der Waals surface area contributed by atoms with Crippen LogP contribution in [0, 0.1) is 5.82 Å². The van der Waals surface area contributed by atoms with E-state index >= 15 is 0 Å². The molecule has 2 aromatic heterocycles. The fourth-order valence-corrected chi connectivity index (χ4v) is 6.09. The molecule has 8 heteroatoms. The number of nitrogens with zero attached hydrogens (tertiary/aromatic N) is 4. The third-order valence-corrected chi connectivity index (χ3v) is 8.36. The SMILES string of the molecule is Fc1ccc(-c2ccc(-n3c4ccccc4c4ccc(C(F)(F)F)cc43)cc2-c2nc(-c3ccccc3)nc(-c3ccccc3)n2)cc1. The lowest BCUT2D eigenvalue weighted by Gasteiger charge is -2.16. The largest absolute Gasteiger partial charge is 0.416 e. The van der Waals surface area contributed by atoms with E-state index in [4.69, 9.17) is 15.0 Å². The maximum absolute atomic E-state index is 14.1. The van der Waals surface area contributed by atoms with Gasteiger partial charge in [-0.2, -0.15) is 13.2 Å². The van der Waals surface area contributed by atoms with Gasteiger partial charge in [-0.05, 0) is 53.6 Å². The van der Waals surface area contributed by atoms with Crippen LogP contribution in [0.2, 0.25) is 0 Å². The van der Waals surface area contributed by atoms with Crippen molar-refractivity contribution in [2.24, 2.45) is 0 Å². The zero-order valence-electron chi connectivity index (χ0n) is 25.2. The Balaban J connectivity index is 1.43. The van der Waals surface area contributed by atoms with Gasteiger partial charge in [0, 0.05) is 33.2 Å². The van der Waals surface area contributed by atoms with Crippen LogP contribution >= 0.6 is 0 Å². The summed E-state index contributed by atoms with van der Waals surface area (Å²) < 4.78 is 57.8. The number of alkyl halides is 3. The summed E-state index contributed by atoms with van der Waals surface area (Å²) in [7, 11) is 0.